The zero-order valence-electron chi connectivity index (χ0n) is 16.1. The van der Waals surface area contributed by atoms with Gasteiger partial charge in [-0.3, -0.25) is 9.89 Å². The molecule has 4 rings (SSSR count). The van der Waals surface area contributed by atoms with Crippen molar-refractivity contribution < 1.29 is 28.5 Å². The van der Waals surface area contributed by atoms with Crippen molar-refractivity contribution in [1.82, 2.24) is 20.5 Å². The predicted molar refractivity (Wildman–Crippen MR) is 117 cm³/mol. The van der Waals surface area contributed by atoms with Crippen LogP contribution in [0.3, 0.4) is 0 Å². The molecule has 10 nitrogen and oxygen atoms in total. The van der Waals surface area contributed by atoms with Gasteiger partial charge in [0.25, 0.3) is 5.91 Å². The molecule has 0 bridgehead atoms. The molecule has 3 N–H and O–H groups in total. The number of carbonyl (C=O) groups is 3. The topological polar surface area (TPSA) is 148 Å². The summed E-state index contributed by atoms with van der Waals surface area (Å²) in [5.74, 6) is -0.922. The van der Waals surface area contributed by atoms with Crippen molar-refractivity contribution in [3.63, 3.8) is 0 Å². The molecule has 2 aliphatic heterocycles. The zero-order chi connectivity index (χ0) is 22.2. The lowest BCUT2D eigenvalue weighted by Crippen LogP contribution is -2.80. The summed E-state index contributed by atoms with van der Waals surface area (Å²) < 4.78 is 11.9. The summed E-state index contributed by atoms with van der Waals surface area (Å²) in [5.41, 5.74) is 0.793. The molecule has 1 saturated heterocycles. The Labute approximate surface area is 192 Å². The molecule has 0 radical (unpaired) electrons. The van der Waals surface area contributed by atoms with Crippen molar-refractivity contribution in [2.45, 2.75) is 33.0 Å². The first-order chi connectivity index (χ1) is 14.8. The fraction of sp³-hybridized carbons (Fsp3) is 0.353. The van der Waals surface area contributed by atoms with E-state index in [9.17, 15) is 24.0 Å². The number of thioether (sulfide) groups is 2. The third-order valence-electron chi connectivity index (χ3n) is 4.93. The molecule has 4 heterocycles. The van der Waals surface area contributed by atoms with E-state index in [-0.39, 0.29) is 11.0 Å². The van der Waals surface area contributed by atoms with Gasteiger partial charge in [0.05, 0.1) is 0 Å². The summed E-state index contributed by atoms with van der Waals surface area (Å²) in [6.07, 6.45) is 1.58. The van der Waals surface area contributed by atoms with Crippen molar-refractivity contribution in [1.29, 1.82) is 0 Å². The number of hydrogen-bond donors (Lipinski definition) is 3. The van der Waals surface area contributed by atoms with E-state index >= 15 is 0 Å². The first-order valence-corrected chi connectivity index (χ1v) is 13.2. The normalized spacial score (nSPS) is 26.9. The molecule has 14 heteroatoms. The van der Waals surface area contributed by atoms with Crippen LogP contribution in [-0.4, -0.2) is 75.4 Å². The van der Waals surface area contributed by atoms with E-state index in [0.717, 1.165) is 5.57 Å². The fourth-order valence-corrected chi connectivity index (χ4v) is 7.79. The molecule has 3 amide bonds. The maximum absolute atomic E-state index is 12.9. The van der Waals surface area contributed by atoms with Crippen LogP contribution in [0.4, 0.5) is 4.79 Å². The number of nitrogens with zero attached hydrogens (tertiary/aromatic N) is 3. The lowest BCUT2D eigenvalue weighted by molar-refractivity contribution is -0.773. The number of rotatable bonds is 7. The minimum Gasteiger partial charge on any atom is -0.610 e. The number of fused-ring (bicyclic) bond motifs is 1. The molecule has 5 atom stereocenters. The second-order valence-electron chi connectivity index (χ2n) is 6.82. The molecule has 1 fully saturated rings. The van der Waals surface area contributed by atoms with Gasteiger partial charge in [-0.25, -0.2) is 9.78 Å². The molecule has 2 aliphatic rings. The van der Waals surface area contributed by atoms with Crippen LogP contribution in [0.25, 0.3) is 0 Å². The number of hydrogen-bond acceptors (Lipinski definition) is 9. The lowest BCUT2D eigenvalue weighted by Gasteiger charge is -2.49. The Hall–Kier alpha value is -1.84. The molecule has 0 spiro atoms. The van der Waals surface area contributed by atoms with Gasteiger partial charge in [-0.15, -0.1) is 4.48 Å². The van der Waals surface area contributed by atoms with Crippen LogP contribution in [-0.2, 0) is 20.8 Å². The maximum atomic E-state index is 12.9. The third kappa shape index (κ3) is 4.15. The third-order valence-corrected chi connectivity index (χ3v) is 10.1. The smallest absolute Gasteiger partial charge is 0.527 e. The number of quaternary nitrogens is 1. The Morgan fingerprint density at radius 2 is 2.35 bits per heavy atom. The minimum atomic E-state index is -1.51. The molecule has 164 valence electrons. The first kappa shape index (κ1) is 22.4. The maximum Gasteiger partial charge on any atom is 0.527 e. The fourth-order valence-electron chi connectivity index (χ4n) is 3.37. The summed E-state index contributed by atoms with van der Waals surface area (Å²) in [6.45, 7) is 1.90. The van der Waals surface area contributed by atoms with Crippen LogP contribution in [0, 0.1) is 0 Å². The highest BCUT2D eigenvalue weighted by molar-refractivity contribution is 8.01. The first-order valence-electron chi connectivity index (χ1n) is 9.05. The van der Waals surface area contributed by atoms with Crippen molar-refractivity contribution in [2.75, 3.05) is 11.5 Å². The molecule has 2 aromatic rings. The summed E-state index contributed by atoms with van der Waals surface area (Å²) in [6, 6.07) is 2.48. The van der Waals surface area contributed by atoms with Gasteiger partial charge in [0, 0.05) is 33.8 Å². The summed E-state index contributed by atoms with van der Waals surface area (Å²) >= 11 is 2.48. The van der Waals surface area contributed by atoms with Crippen LogP contribution < -0.4 is 5.32 Å². The van der Waals surface area contributed by atoms with Gasteiger partial charge in [0.2, 0.25) is 10.3 Å². The zero-order valence-corrected chi connectivity index (χ0v) is 19.4. The lowest BCUT2D eigenvalue weighted by atomic mass is 10.0. The van der Waals surface area contributed by atoms with E-state index in [1.54, 1.807) is 17.5 Å². The summed E-state index contributed by atoms with van der Waals surface area (Å²) in [7, 11) is 0. The van der Waals surface area contributed by atoms with E-state index in [1.807, 2.05) is 6.92 Å². The van der Waals surface area contributed by atoms with Gasteiger partial charge in [-0.05, 0) is 18.4 Å². The highest BCUT2D eigenvalue weighted by Crippen LogP contribution is 2.46. The molecule has 4 unspecified atom stereocenters. The summed E-state index contributed by atoms with van der Waals surface area (Å²) in [4.78, 5) is 41.4. The second kappa shape index (κ2) is 8.96. The Morgan fingerprint density at radius 1 is 1.55 bits per heavy atom. The van der Waals surface area contributed by atoms with Crippen molar-refractivity contribution in [3.05, 3.63) is 35.6 Å². The molecule has 0 aliphatic carbocycles. The van der Waals surface area contributed by atoms with Gasteiger partial charge in [0.1, 0.15) is 12.5 Å². The monoisotopic (exact) mass is 500 g/mol. The Bertz CT molecular complexity index is 1010. The molecular weight excluding hydrogens is 482 g/mol. The van der Waals surface area contributed by atoms with Gasteiger partial charge in [0.15, 0.2) is 16.3 Å². The average Bonchev–Trinajstić information content (AvgIpc) is 3.45. The highest BCUT2D eigenvalue weighted by Gasteiger charge is 2.70. The number of thiophene rings is 1. The van der Waals surface area contributed by atoms with Crippen LogP contribution in [0.2, 0.25) is 0 Å². The number of carboxylic acid groups (broad SMARTS) is 1. The number of aromatic amines is 1. The van der Waals surface area contributed by atoms with E-state index in [1.165, 1.54) is 47.4 Å². The molecule has 0 aromatic carbocycles. The number of amides is 3. The number of imide groups is 1. The predicted octanol–water partition coefficient (Wildman–Crippen LogP) is 1.63. The van der Waals surface area contributed by atoms with Crippen LogP contribution in [0.15, 0.2) is 45.0 Å². The van der Waals surface area contributed by atoms with Gasteiger partial charge in [-0.1, -0.05) is 34.9 Å². The molecule has 2 aromatic heterocycles. The van der Waals surface area contributed by atoms with E-state index in [4.69, 9.17) is 0 Å². The van der Waals surface area contributed by atoms with E-state index in [0.29, 0.717) is 15.1 Å². The van der Waals surface area contributed by atoms with Crippen molar-refractivity contribution in [3.8, 4) is 0 Å². The van der Waals surface area contributed by atoms with Gasteiger partial charge in [-0.2, -0.15) is 9.89 Å². The number of nitrogens with one attached hydrogen (secondary N) is 2. The van der Waals surface area contributed by atoms with Crippen LogP contribution in [0.5, 0.6) is 0 Å². The van der Waals surface area contributed by atoms with E-state index < -0.39 is 45.0 Å². The molecule has 0 saturated carbocycles. The minimum absolute atomic E-state index is 0.120. The van der Waals surface area contributed by atoms with Crippen LogP contribution in [0.1, 0.15) is 6.92 Å². The molecular formula is C17H18N5O5S4+. The molecule has 31 heavy (non-hydrogen) atoms. The standard InChI is InChI=1S/C17H17N5O5S4/c1-9(30-16-18-8-19-21-16)10-5-22(17(25)26)14(24)13(15(22)29-6-10)20-11(23)7-31(27)12-3-2-4-28-12/h2-5,8-9,13,15H,6-7H2,1H3,(H2-,18,19,20,21,23,25,26)/p+1/t9?,13?,15-,22?,31?/m0/s1. The quantitative estimate of drug-likeness (QED) is 0.223. The Balaban J connectivity index is 1.45. The SMILES string of the molecule is CC(Sc1ncn[nH]1)C1=C[N+]2(C(=O)O)C(=O)C(NC(=O)C[S+]([O-])c3cccs3)[C@@H]2SC1. The van der Waals surface area contributed by atoms with Gasteiger partial charge >= 0.3 is 12.0 Å². The van der Waals surface area contributed by atoms with Crippen molar-refractivity contribution in [2.24, 2.45) is 0 Å². The average molecular weight is 501 g/mol. The second-order valence-corrected chi connectivity index (χ2v) is 11.9. The number of aromatic nitrogens is 3. The van der Waals surface area contributed by atoms with Crippen molar-refractivity contribution >= 4 is 63.9 Å². The largest absolute Gasteiger partial charge is 0.610 e. The van der Waals surface area contributed by atoms with Crippen LogP contribution >= 0.6 is 34.9 Å². The van der Waals surface area contributed by atoms with Gasteiger partial charge < -0.3 is 15.0 Å². The Kier molecular flexibility index (Phi) is 6.46. The number of H-pyrrole nitrogens is 1. The number of carbonyl (C=O) groups excluding carboxylic acids is 2. The highest BCUT2D eigenvalue weighted by atomic mass is 32.2. The Morgan fingerprint density at radius 3 is 3.00 bits per heavy atom. The van der Waals surface area contributed by atoms with E-state index in [2.05, 4.69) is 20.5 Å². The number of β-lactam (4-membered cyclic amide) rings is 1. The summed E-state index contributed by atoms with van der Waals surface area (Å²) in [5, 5.41) is 20.6.